The van der Waals surface area contributed by atoms with Gasteiger partial charge in [-0.3, -0.25) is 14.7 Å². The number of hydrogen-bond donors (Lipinski definition) is 1. The van der Waals surface area contributed by atoms with E-state index in [1.807, 2.05) is 27.7 Å². The van der Waals surface area contributed by atoms with Crippen molar-refractivity contribution < 1.29 is 4.79 Å². The zero-order chi connectivity index (χ0) is 15.4. The van der Waals surface area contributed by atoms with Crippen LogP contribution in [0, 0.1) is 6.92 Å². The van der Waals surface area contributed by atoms with E-state index in [4.69, 9.17) is 0 Å². The van der Waals surface area contributed by atoms with Gasteiger partial charge in [-0.2, -0.15) is 0 Å². The number of aryl methyl sites for hydroxylation is 1. The Hall–Kier alpha value is -1.69. The van der Waals surface area contributed by atoms with Gasteiger partial charge in [-0.05, 0) is 27.7 Å². The third-order valence-corrected chi connectivity index (χ3v) is 3.74. The summed E-state index contributed by atoms with van der Waals surface area (Å²) in [6.45, 7) is 11.4. The second-order valence-corrected chi connectivity index (χ2v) is 5.88. The molecule has 1 saturated heterocycles. The SMILES string of the molecule is Cc1cncc(N2CCN(C(C)C(=O)NC(C)C)CC2)n1. The highest BCUT2D eigenvalue weighted by atomic mass is 16.2. The molecular formula is C15H25N5O. The van der Waals surface area contributed by atoms with Crippen molar-refractivity contribution in [3.05, 3.63) is 18.1 Å². The number of carbonyl (C=O) groups is 1. The molecule has 1 aromatic rings. The van der Waals surface area contributed by atoms with Gasteiger partial charge in [0.15, 0.2) is 0 Å². The molecule has 1 amide bonds. The van der Waals surface area contributed by atoms with Gasteiger partial charge in [-0.25, -0.2) is 4.98 Å². The van der Waals surface area contributed by atoms with Crippen molar-refractivity contribution in [2.75, 3.05) is 31.1 Å². The predicted molar refractivity (Wildman–Crippen MR) is 83.3 cm³/mol. The maximum absolute atomic E-state index is 12.1. The average molecular weight is 291 g/mol. The minimum Gasteiger partial charge on any atom is -0.353 e. The monoisotopic (exact) mass is 291 g/mol. The molecule has 6 nitrogen and oxygen atoms in total. The van der Waals surface area contributed by atoms with Crippen LogP contribution in [0.15, 0.2) is 12.4 Å². The standard InChI is InChI=1S/C15H25N5O/c1-11(2)17-15(21)13(4)19-5-7-20(8-6-19)14-10-16-9-12(3)18-14/h9-11,13H,5-8H2,1-4H3,(H,17,21). The largest absolute Gasteiger partial charge is 0.353 e. The van der Waals surface area contributed by atoms with E-state index >= 15 is 0 Å². The fourth-order valence-corrected chi connectivity index (χ4v) is 2.51. The van der Waals surface area contributed by atoms with Gasteiger partial charge in [0, 0.05) is 38.4 Å². The number of carbonyl (C=O) groups excluding carboxylic acids is 1. The van der Waals surface area contributed by atoms with Crippen molar-refractivity contribution in [2.45, 2.75) is 39.8 Å². The molecule has 2 heterocycles. The van der Waals surface area contributed by atoms with E-state index < -0.39 is 0 Å². The normalized spacial score (nSPS) is 17.9. The van der Waals surface area contributed by atoms with E-state index in [9.17, 15) is 4.79 Å². The second-order valence-electron chi connectivity index (χ2n) is 5.88. The lowest BCUT2D eigenvalue weighted by atomic mass is 10.2. The molecule has 0 radical (unpaired) electrons. The highest BCUT2D eigenvalue weighted by Gasteiger charge is 2.26. The number of anilines is 1. The van der Waals surface area contributed by atoms with Crippen LogP contribution in [-0.2, 0) is 4.79 Å². The van der Waals surface area contributed by atoms with Gasteiger partial charge in [-0.1, -0.05) is 0 Å². The number of amides is 1. The number of piperazine rings is 1. The Morgan fingerprint density at radius 1 is 1.19 bits per heavy atom. The molecule has 2 rings (SSSR count). The first-order valence-corrected chi connectivity index (χ1v) is 7.55. The van der Waals surface area contributed by atoms with Crippen LogP contribution in [0.3, 0.4) is 0 Å². The summed E-state index contributed by atoms with van der Waals surface area (Å²) < 4.78 is 0. The van der Waals surface area contributed by atoms with Crippen molar-refractivity contribution >= 4 is 11.7 Å². The highest BCUT2D eigenvalue weighted by molar-refractivity contribution is 5.81. The van der Waals surface area contributed by atoms with E-state index in [0.717, 1.165) is 37.7 Å². The predicted octanol–water partition coefficient (Wildman–Crippen LogP) is 0.820. The highest BCUT2D eigenvalue weighted by Crippen LogP contribution is 2.14. The van der Waals surface area contributed by atoms with Crippen LogP contribution in [-0.4, -0.2) is 59.0 Å². The number of rotatable bonds is 4. The van der Waals surface area contributed by atoms with Gasteiger partial charge in [-0.15, -0.1) is 0 Å². The Morgan fingerprint density at radius 3 is 2.43 bits per heavy atom. The van der Waals surface area contributed by atoms with Gasteiger partial charge in [0.2, 0.25) is 5.91 Å². The number of aromatic nitrogens is 2. The molecule has 116 valence electrons. The van der Waals surface area contributed by atoms with Crippen LogP contribution in [0.4, 0.5) is 5.82 Å². The van der Waals surface area contributed by atoms with Gasteiger partial charge in [0.05, 0.1) is 17.9 Å². The van der Waals surface area contributed by atoms with Gasteiger partial charge in [0.25, 0.3) is 0 Å². The zero-order valence-corrected chi connectivity index (χ0v) is 13.3. The molecule has 0 bridgehead atoms. The molecule has 1 aromatic heterocycles. The van der Waals surface area contributed by atoms with Crippen molar-refractivity contribution in [1.29, 1.82) is 0 Å². The van der Waals surface area contributed by atoms with Crippen LogP contribution in [0.1, 0.15) is 26.5 Å². The van der Waals surface area contributed by atoms with Crippen molar-refractivity contribution in [2.24, 2.45) is 0 Å². The summed E-state index contributed by atoms with van der Waals surface area (Å²) in [5.74, 6) is 1.03. The second kappa shape index (κ2) is 6.85. The van der Waals surface area contributed by atoms with Gasteiger partial charge < -0.3 is 10.2 Å². The Morgan fingerprint density at radius 2 is 1.86 bits per heavy atom. The number of nitrogens with zero attached hydrogens (tertiary/aromatic N) is 4. The summed E-state index contributed by atoms with van der Waals surface area (Å²) in [5, 5.41) is 2.97. The molecule has 1 aliphatic heterocycles. The van der Waals surface area contributed by atoms with Crippen LogP contribution in [0.5, 0.6) is 0 Å². The lowest BCUT2D eigenvalue weighted by Gasteiger charge is -2.38. The zero-order valence-electron chi connectivity index (χ0n) is 13.3. The summed E-state index contributed by atoms with van der Waals surface area (Å²) in [6.07, 6.45) is 3.57. The van der Waals surface area contributed by atoms with E-state index in [0.29, 0.717) is 0 Å². The summed E-state index contributed by atoms with van der Waals surface area (Å²) >= 11 is 0. The number of nitrogens with one attached hydrogen (secondary N) is 1. The lowest BCUT2D eigenvalue weighted by Crippen LogP contribution is -2.54. The topological polar surface area (TPSA) is 61.4 Å². The van der Waals surface area contributed by atoms with Gasteiger partial charge >= 0.3 is 0 Å². The molecule has 0 aromatic carbocycles. The van der Waals surface area contributed by atoms with Crippen LogP contribution >= 0.6 is 0 Å². The first-order chi connectivity index (χ1) is 9.97. The maximum atomic E-state index is 12.1. The summed E-state index contributed by atoms with van der Waals surface area (Å²) in [5.41, 5.74) is 0.930. The molecule has 1 unspecified atom stereocenters. The smallest absolute Gasteiger partial charge is 0.237 e. The minimum atomic E-state index is -0.0851. The quantitative estimate of drug-likeness (QED) is 0.890. The van der Waals surface area contributed by atoms with Crippen molar-refractivity contribution in [3.63, 3.8) is 0 Å². The van der Waals surface area contributed by atoms with E-state index in [1.165, 1.54) is 0 Å². The fraction of sp³-hybridized carbons (Fsp3) is 0.667. The third kappa shape index (κ3) is 4.14. The maximum Gasteiger partial charge on any atom is 0.237 e. The van der Waals surface area contributed by atoms with Crippen LogP contribution in [0.2, 0.25) is 0 Å². The van der Waals surface area contributed by atoms with Crippen LogP contribution < -0.4 is 10.2 Å². The lowest BCUT2D eigenvalue weighted by molar-refractivity contribution is -0.126. The average Bonchev–Trinajstić information content (AvgIpc) is 2.46. The molecule has 21 heavy (non-hydrogen) atoms. The van der Waals surface area contributed by atoms with E-state index in [-0.39, 0.29) is 18.0 Å². The fourth-order valence-electron chi connectivity index (χ4n) is 2.51. The summed E-state index contributed by atoms with van der Waals surface area (Å²) in [7, 11) is 0. The first-order valence-electron chi connectivity index (χ1n) is 7.55. The molecular weight excluding hydrogens is 266 g/mol. The molecule has 0 aliphatic carbocycles. The van der Waals surface area contributed by atoms with Crippen LogP contribution in [0.25, 0.3) is 0 Å². The number of hydrogen-bond acceptors (Lipinski definition) is 5. The van der Waals surface area contributed by atoms with E-state index in [1.54, 1.807) is 12.4 Å². The first kappa shape index (κ1) is 15.7. The Balaban J connectivity index is 1.89. The third-order valence-electron chi connectivity index (χ3n) is 3.74. The van der Waals surface area contributed by atoms with Gasteiger partial charge in [0.1, 0.15) is 5.82 Å². The summed E-state index contributed by atoms with van der Waals surface area (Å²) in [4.78, 5) is 25.2. The van der Waals surface area contributed by atoms with Crippen molar-refractivity contribution in [3.8, 4) is 0 Å². The Kier molecular flexibility index (Phi) is 5.12. The van der Waals surface area contributed by atoms with E-state index in [2.05, 4.69) is 25.1 Å². The summed E-state index contributed by atoms with van der Waals surface area (Å²) in [6, 6.07) is 0.0990. The molecule has 1 aliphatic rings. The molecule has 6 heteroatoms. The molecule has 1 fully saturated rings. The molecule has 1 atom stereocenters. The Labute approximate surface area is 126 Å². The molecule has 1 N–H and O–H groups in total. The minimum absolute atomic E-state index is 0.0851. The van der Waals surface area contributed by atoms with Crippen molar-refractivity contribution in [1.82, 2.24) is 20.2 Å². The molecule has 0 spiro atoms. The Bertz CT molecular complexity index is 483. The molecule has 0 saturated carbocycles.